The number of aryl methyl sites for hydroxylation is 1. The third-order valence-electron chi connectivity index (χ3n) is 2.94. The first-order chi connectivity index (χ1) is 9.98. The zero-order valence-electron chi connectivity index (χ0n) is 12.8. The molecule has 1 heterocycles. The second-order valence-electron chi connectivity index (χ2n) is 4.07. The lowest BCUT2D eigenvalue weighted by molar-refractivity contribution is -0.649. The van der Waals surface area contributed by atoms with E-state index in [9.17, 15) is 0 Å². The first-order valence-electron chi connectivity index (χ1n) is 7.18. The number of nitrogens with zero attached hydrogens (tertiary/aromatic N) is 2. The first-order valence-corrected chi connectivity index (χ1v) is 5.68. The zero-order valence-corrected chi connectivity index (χ0v) is 9.80. The average molecular weight is 237 g/mol. The van der Waals surface area contributed by atoms with E-state index < -0.39 is 6.98 Å². The number of imidazole rings is 1. The molecule has 0 spiro atoms. The van der Waals surface area contributed by atoms with Gasteiger partial charge in [0.15, 0.2) is 0 Å². The van der Waals surface area contributed by atoms with E-state index in [1.165, 1.54) is 4.57 Å². The summed E-state index contributed by atoms with van der Waals surface area (Å²) < 4.78 is 25.8. The van der Waals surface area contributed by atoms with Crippen LogP contribution in [0.3, 0.4) is 0 Å². The molecular formula is C16H14N2. The monoisotopic (exact) mass is 237 g/mol. The van der Waals surface area contributed by atoms with Crippen molar-refractivity contribution in [3.05, 3.63) is 73.1 Å². The Kier molecular flexibility index (Phi) is 1.82. The van der Waals surface area contributed by atoms with Crippen LogP contribution in [0, 0.1) is 6.33 Å². The molecule has 0 saturated heterocycles. The van der Waals surface area contributed by atoms with Gasteiger partial charge in [-0.3, -0.25) is 0 Å². The second kappa shape index (κ2) is 4.15. The van der Waals surface area contributed by atoms with Crippen LogP contribution in [0.5, 0.6) is 0 Å². The summed E-state index contributed by atoms with van der Waals surface area (Å²) in [6, 6.07) is 17.0. The highest BCUT2D eigenvalue weighted by Gasteiger charge is 2.07. The molecule has 3 aromatic rings. The standard InChI is InChI=1S/C16H14N2/c1-13(14-8-4-3-5-9-14)18-12-17(2)15-10-6-7-11-16(15)18/h3-11H,1H2,2H3/i2D3. The summed E-state index contributed by atoms with van der Waals surface area (Å²) >= 11 is 0. The summed E-state index contributed by atoms with van der Waals surface area (Å²) in [5, 5.41) is 0. The summed E-state index contributed by atoms with van der Waals surface area (Å²) in [7, 11) is 0. The minimum absolute atomic E-state index is 0.606. The van der Waals surface area contributed by atoms with Crippen LogP contribution in [0.4, 0.5) is 0 Å². The zero-order chi connectivity index (χ0) is 15.0. The SMILES string of the molecule is [2H]C([2H])([2H])[n+]1[c-]n(C(=C)c2ccccc2)c2ccccc21. The van der Waals surface area contributed by atoms with Gasteiger partial charge in [-0.1, -0.05) is 61.2 Å². The molecule has 18 heavy (non-hydrogen) atoms. The smallest absolute Gasteiger partial charge is 0.244 e. The number of fused-ring (bicyclic) bond motifs is 1. The number of hydrogen-bond acceptors (Lipinski definition) is 0. The minimum atomic E-state index is -2.28. The number of para-hydroxylation sites is 2. The van der Waals surface area contributed by atoms with E-state index >= 15 is 0 Å². The van der Waals surface area contributed by atoms with Gasteiger partial charge in [-0.2, -0.15) is 0 Å². The van der Waals surface area contributed by atoms with Gasteiger partial charge in [0.2, 0.25) is 6.33 Å². The molecule has 0 aliphatic carbocycles. The van der Waals surface area contributed by atoms with Gasteiger partial charge in [0.1, 0.15) is 0 Å². The largest absolute Gasteiger partial charge is 0.319 e. The van der Waals surface area contributed by atoms with Crippen LogP contribution in [-0.4, -0.2) is 4.57 Å². The Morgan fingerprint density at radius 3 is 2.67 bits per heavy atom. The maximum atomic E-state index is 7.64. The molecule has 0 unspecified atom stereocenters. The summed E-state index contributed by atoms with van der Waals surface area (Å²) in [6.07, 6.45) is 2.90. The van der Waals surface area contributed by atoms with E-state index in [4.69, 9.17) is 4.11 Å². The Morgan fingerprint density at radius 1 is 1.17 bits per heavy atom. The van der Waals surface area contributed by atoms with Gasteiger partial charge in [-0.25, -0.2) is 0 Å². The molecule has 0 atom stereocenters. The molecule has 88 valence electrons. The highest BCUT2D eigenvalue weighted by molar-refractivity contribution is 5.79. The molecular weight excluding hydrogens is 220 g/mol. The molecule has 2 heteroatoms. The predicted molar refractivity (Wildman–Crippen MR) is 72.8 cm³/mol. The van der Waals surface area contributed by atoms with Gasteiger partial charge in [0.05, 0.1) is 27.8 Å². The van der Waals surface area contributed by atoms with Crippen LogP contribution < -0.4 is 4.57 Å². The Morgan fingerprint density at radius 2 is 1.89 bits per heavy atom. The molecule has 3 rings (SSSR count). The van der Waals surface area contributed by atoms with E-state index in [1.807, 2.05) is 48.5 Å². The quantitative estimate of drug-likeness (QED) is 0.479. The lowest BCUT2D eigenvalue weighted by Gasteiger charge is -2.08. The third kappa shape index (κ3) is 1.63. The molecule has 0 fully saturated rings. The molecule has 0 N–H and O–H groups in total. The van der Waals surface area contributed by atoms with E-state index in [1.54, 1.807) is 10.6 Å². The Bertz CT molecular complexity index is 801. The Labute approximate surface area is 111 Å². The van der Waals surface area contributed by atoms with Gasteiger partial charge in [0, 0.05) is 0 Å². The minimum Gasteiger partial charge on any atom is -0.319 e. The van der Waals surface area contributed by atoms with E-state index in [-0.39, 0.29) is 0 Å². The number of rotatable bonds is 2. The lowest BCUT2D eigenvalue weighted by atomic mass is 10.2. The normalized spacial score (nSPS) is 13.9. The third-order valence-corrected chi connectivity index (χ3v) is 2.94. The highest BCUT2D eigenvalue weighted by atomic mass is 15.1. The van der Waals surface area contributed by atoms with E-state index in [0.29, 0.717) is 11.2 Å². The van der Waals surface area contributed by atoms with Crippen molar-refractivity contribution in [2.45, 2.75) is 0 Å². The molecule has 0 amide bonds. The Balaban J connectivity index is 2.22. The van der Waals surface area contributed by atoms with Crippen molar-refractivity contribution in [2.24, 2.45) is 6.98 Å². The maximum absolute atomic E-state index is 7.64. The van der Waals surface area contributed by atoms with Gasteiger partial charge < -0.3 is 9.13 Å². The molecule has 0 bridgehead atoms. The van der Waals surface area contributed by atoms with Crippen molar-refractivity contribution in [2.75, 3.05) is 0 Å². The first kappa shape index (κ1) is 7.88. The molecule has 0 radical (unpaired) electrons. The topological polar surface area (TPSA) is 8.81 Å². The van der Waals surface area contributed by atoms with Crippen LogP contribution >= 0.6 is 0 Å². The van der Waals surface area contributed by atoms with Crippen molar-refractivity contribution in [3.8, 4) is 0 Å². The second-order valence-corrected chi connectivity index (χ2v) is 4.07. The van der Waals surface area contributed by atoms with Crippen molar-refractivity contribution < 1.29 is 8.68 Å². The van der Waals surface area contributed by atoms with Crippen molar-refractivity contribution >= 4 is 16.7 Å². The average Bonchev–Trinajstić information content (AvgIpc) is 2.87. The summed E-state index contributed by atoms with van der Waals surface area (Å²) in [5.41, 5.74) is 2.99. The van der Waals surface area contributed by atoms with Crippen LogP contribution in [0.25, 0.3) is 16.7 Å². The predicted octanol–water partition coefficient (Wildman–Crippen LogP) is 2.78. The number of aromatic nitrogens is 2. The fourth-order valence-electron chi connectivity index (χ4n) is 2.02. The highest BCUT2D eigenvalue weighted by Crippen LogP contribution is 2.19. The Hall–Kier alpha value is -2.35. The van der Waals surface area contributed by atoms with Crippen molar-refractivity contribution in [1.29, 1.82) is 0 Å². The molecule has 1 aromatic heterocycles. The van der Waals surface area contributed by atoms with Crippen LogP contribution in [0.2, 0.25) is 0 Å². The molecule has 0 aliphatic heterocycles. The van der Waals surface area contributed by atoms with Crippen LogP contribution in [0.15, 0.2) is 61.2 Å². The molecule has 2 aromatic carbocycles. The van der Waals surface area contributed by atoms with Gasteiger partial charge in [-0.15, -0.1) is 0 Å². The van der Waals surface area contributed by atoms with Crippen LogP contribution in [-0.2, 0) is 6.98 Å². The van der Waals surface area contributed by atoms with Crippen molar-refractivity contribution in [1.82, 2.24) is 4.57 Å². The summed E-state index contributed by atoms with van der Waals surface area (Å²) in [6.45, 7) is 1.80. The van der Waals surface area contributed by atoms with Crippen LogP contribution in [0.1, 0.15) is 9.68 Å². The van der Waals surface area contributed by atoms with Crippen molar-refractivity contribution in [3.63, 3.8) is 0 Å². The van der Waals surface area contributed by atoms with E-state index in [0.717, 1.165) is 11.1 Å². The van der Waals surface area contributed by atoms with Gasteiger partial charge in [0.25, 0.3) is 0 Å². The number of hydrogen-bond donors (Lipinski definition) is 0. The fraction of sp³-hybridized carbons (Fsp3) is 0.0625. The van der Waals surface area contributed by atoms with Gasteiger partial charge in [-0.05, 0) is 5.56 Å². The molecule has 0 aliphatic rings. The summed E-state index contributed by atoms with van der Waals surface area (Å²) in [5.74, 6) is 0. The molecule has 2 nitrogen and oxygen atoms in total. The van der Waals surface area contributed by atoms with Gasteiger partial charge >= 0.3 is 0 Å². The lowest BCUT2D eigenvalue weighted by Crippen LogP contribution is -2.26. The van der Waals surface area contributed by atoms with E-state index in [2.05, 4.69) is 12.9 Å². The maximum Gasteiger partial charge on any atom is 0.244 e. The summed E-state index contributed by atoms with van der Waals surface area (Å²) in [4.78, 5) is 0. The fourth-order valence-corrected chi connectivity index (χ4v) is 2.02. The number of benzene rings is 2. The molecule has 0 saturated carbocycles.